The molecule has 0 atom stereocenters. The monoisotopic (exact) mass is 199 g/mol. The fourth-order valence-electron chi connectivity index (χ4n) is 1.60. The second-order valence-corrected chi connectivity index (χ2v) is 3.54. The molecule has 0 saturated heterocycles. The summed E-state index contributed by atoms with van der Waals surface area (Å²) in [5.74, 6) is 0.722. The van der Waals surface area contributed by atoms with Crippen LogP contribution in [0.4, 0.5) is 5.82 Å². The van der Waals surface area contributed by atoms with Crippen molar-refractivity contribution in [3.63, 3.8) is 0 Å². The Morgan fingerprint density at radius 2 is 2.38 bits per heavy atom. The third-order valence-corrected chi connectivity index (χ3v) is 2.43. The average molecular weight is 200 g/mol. The Balaban J connectivity index is 2.63. The van der Waals surface area contributed by atoms with Gasteiger partial charge in [-0.3, -0.25) is 9.78 Å². The maximum Gasteiger partial charge on any atom is 0.257 e. The van der Waals surface area contributed by atoms with Crippen molar-refractivity contribution in [3.8, 4) is 0 Å². The van der Waals surface area contributed by atoms with Gasteiger partial charge in [0.25, 0.3) is 5.56 Å². The molecule has 0 spiro atoms. The van der Waals surface area contributed by atoms with E-state index in [-0.39, 0.29) is 10.8 Å². The van der Waals surface area contributed by atoms with Crippen LogP contribution in [0.15, 0.2) is 4.79 Å². The molecule has 1 aliphatic rings. The van der Waals surface area contributed by atoms with Gasteiger partial charge in [-0.25, -0.2) is 4.98 Å². The summed E-state index contributed by atoms with van der Waals surface area (Å²) >= 11 is 5.65. The van der Waals surface area contributed by atoms with Crippen molar-refractivity contribution in [2.75, 3.05) is 18.5 Å². The quantitative estimate of drug-likeness (QED) is 0.629. The van der Waals surface area contributed by atoms with E-state index < -0.39 is 0 Å². The van der Waals surface area contributed by atoms with E-state index in [0.29, 0.717) is 0 Å². The molecule has 0 fully saturated rings. The summed E-state index contributed by atoms with van der Waals surface area (Å²) in [5, 5.41) is 0.164. The van der Waals surface area contributed by atoms with Gasteiger partial charge in [-0.1, -0.05) is 0 Å². The topological polar surface area (TPSA) is 49.0 Å². The predicted octanol–water partition coefficient (Wildman–Crippen LogP) is 0.806. The van der Waals surface area contributed by atoms with Crippen molar-refractivity contribution in [2.45, 2.75) is 12.8 Å². The third kappa shape index (κ3) is 1.42. The summed E-state index contributed by atoms with van der Waals surface area (Å²) in [7, 11) is 1.92. The van der Waals surface area contributed by atoms with Crippen LogP contribution >= 0.6 is 11.6 Å². The van der Waals surface area contributed by atoms with Crippen molar-refractivity contribution in [3.05, 3.63) is 21.2 Å². The van der Waals surface area contributed by atoms with Crippen molar-refractivity contribution >= 4 is 17.4 Å². The van der Waals surface area contributed by atoms with Crippen molar-refractivity contribution < 1.29 is 0 Å². The van der Waals surface area contributed by atoms with E-state index in [2.05, 4.69) is 9.97 Å². The summed E-state index contributed by atoms with van der Waals surface area (Å²) in [6.07, 6.45) is 1.79. The van der Waals surface area contributed by atoms with Crippen LogP contribution in [0, 0.1) is 0 Å². The SMILES string of the molecule is CN1CCCc2c1nc(Cl)[nH]c2=O. The molecule has 0 aliphatic carbocycles. The number of hydrogen-bond donors (Lipinski definition) is 1. The molecule has 1 aliphatic heterocycles. The van der Waals surface area contributed by atoms with Gasteiger partial charge >= 0.3 is 0 Å². The van der Waals surface area contributed by atoms with Crippen molar-refractivity contribution in [2.24, 2.45) is 0 Å². The van der Waals surface area contributed by atoms with E-state index in [4.69, 9.17) is 11.6 Å². The highest BCUT2D eigenvalue weighted by atomic mass is 35.5. The number of rotatable bonds is 0. The molecule has 1 aromatic heterocycles. The molecule has 0 bridgehead atoms. The number of aromatic nitrogens is 2. The van der Waals surface area contributed by atoms with Gasteiger partial charge in [-0.05, 0) is 24.4 Å². The Bertz CT molecular complexity index is 387. The Morgan fingerprint density at radius 3 is 3.15 bits per heavy atom. The molecule has 4 nitrogen and oxygen atoms in total. The average Bonchev–Trinajstić information content (AvgIpc) is 2.07. The van der Waals surface area contributed by atoms with E-state index in [1.807, 2.05) is 11.9 Å². The van der Waals surface area contributed by atoms with Crippen LogP contribution in [0.2, 0.25) is 5.28 Å². The second-order valence-electron chi connectivity index (χ2n) is 3.18. The second kappa shape index (κ2) is 3.03. The summed E-state index contributed by atoms with van der Waals surface area (Å²) in [6, 6.07) is 0. The zero-order valence-electron chi connectivity index (χ0n) is 7.30. The van der Waals surface area contributed by atoms with E-state index in [0.717, 1.165) is 30.8 Å². The first-order chi connectivity index (χ1) is 6.18. The molecule has 0 saturated carbocycles. The molecule has 2 rings (SSSR count). The number of aromatic amines is 1. The Hall–Kier alpha value is -1.03. The number of nitrogens with one attached hydrogen (secondary N) is 1. The molecule has 13 heavy (non-hydrogen) atoms. The van der Waals surface area contributed by atoms with Crippen LogP contribution in [-0.4, -0.2) is 23.6 Å². The Morgan fingerprint density at radius 1 is 1.62 bits per heavy atom. The molecule has 1 N–H and O–H groups in total. The van der Waals surface area contributed by atoms with Gasteiger partial charge < -0.3 is 4.90 Å². The lowest BCUT2D eigenvalue weighted by molar-refractivity contribution is 0.717. The number of fused-ring (bicyclic) bond motifs is 1. The van der Waals surface area contributed by atoms with Gasteiger partial charge in [0.05, 0.1) is 5.56 Å². The third-order valence-electron chi connectivity index (χ3n) is 2.25. The molecule has 0 unspecified atom stereocenters. The first-order valence-corrected chi connectivity index (χ1v) is 4.56. The van der Waals surface area contributed by atoms with Crippen LogP contribution in [0.1, 0.15) is 12.0 Å². The number of nitrogens with zero attached hydrogens (tertiary/aromatic N) is 2. The minimum absolute atomic E-state index is 0.110. The van der Waals surface area contributed by atoms with Gasteiger partial charge in [0.15, 0.2) is 0 Å². The minimum atomic E-state index is -0.110. The molecular weight excluding hydrogens is 190 g/mol. The Kier molecular flexibility index (Phi) is 2.00. The number of H-pyrrole nitrogens is 1. The molecule has 5 heteroatoms. The Labute approximate surface area is 80.5 Å². The highest BCUT2D eigenvalue weighted by Gasteiger charge is 2.18. The largest absolute Gasteiger partial charge is 0.359 e. The maximum atomic E-state index is 11.4. The lowest BCUT2D eigenvalue weighted by Crippen LogP contribution is -2.31. The predicted molar refractivity (Wildman–Crippen MR) is 51.5 cm³/mol. The van der Waals surface area contributed by atoms with Gasteiger partial charge in [0.1, 0.15) is 5.82 Å². The van der Waals surface area contributed by atoms with Crippen molar-refractivity contribution in [1.82, 2.24) is 9.97 Å². The summed E-state index contributed by atoms with van der Waals surface area (Å²) in [6.45, 7) is 0.930. The number of hydrogen-bond acceptors (Lipinski definition) is 3. The summed E-state index contributed by atoms with van der Waals surface area (Å²) < 4.78 is 0. The lowest BCUT2D eigenvalue weighted by atomic mass is 10.1. The highest BCUT2D eigenvalue weighted by molar-refractivity contribution is 6.28. The van der Waals surface area contributed by atoms with E-state index in [1.165, 1.54) is 0 Å². The molecular formula is C8H10ClN3O. The fourth-order valence-corrected chi connectivity index (χ4v) is 1.76. The molecule has 0 amide bonds. The van der Waals surface area contributed by atoms with E-state index >= 15 is 0 Å². The van der Waals surface area contributed by atoms with Crippen LogP contribution in [0.3, 0.4) is 0 Å². The summed E-state index contributed by atoms with van der Waals surface area (Å²) in [5.41, 5.74) is 0.639. The van der Waals surface area contributed by atoms with Crippen LogP contribution < -0.4 is 10.5 Å². The number of anilines is 1. The van der Waals surface area contributed by atoms with Gasteiger partial charge in [0.2, 0.25) is 5.28 Å². The first kappa shape index (κ1) is 8.56. The van der Waals surface area contributed by atoms with Crippen LogP contribution in [0.5, 0.6) is 0 Å². The van der Waals surface area contributed by atoms with E-state index in [1.54, 1.807) is 0 Å². The smallest absolute Gasteiger partial charge is 0.257 e. The van der Waals surface area contributed by atoms with Gasteiger partial charge in [0, 0.05) is 13.6 Å². The maximum absolute atomic E-state index is 11.4. The molecule has 0 aromatic carbocycles. The molecule has 0 radical (unpaired) electrons. The standard InChI is InChI=1S/C8H10ClN3O/c1-12-4-2-3-5-6(12)10-8(9)11-7(5)13/h2-4H2,1H3,(H,10,11,13). The highest BCUT2D eigenvalue weighted by Crippen LogP contribution is 2.20. The molecule has 2 heterocycles. The zero-order valence-corrected chi connectivity index (χ0v) is 8.06. The minimum Gasteiger partial charge on any atom is -0.359 e. The zero-order chi connectivity index (χ0) is 9.42. The van der Waals surface area contributed by atoms with E-state index in [9.17, 15) is 4.79 Å². The number of halogens is 1. The van der Waals surface area contributed by atoms with Crippen LogP contribution in [0.25, 0.3) is 0 Å². The lowest BCUT2D eigenvalue weighted by Gasteiger charge is -2.24. The first-order valence-electron chi connectivity index (χ1n) is 4.18. The van der Waals surface area contributed by atoms with Crippen LogP contribution in [-0.2, 0) is 6.42 Å². The summed E-state index contributed by atoms with van der Waals surface area (Å²) in [4.78, 5) is 20.0. The normalized spacial score (nSPS) is 15.7. The van der Waals surface area contributed by atoms with Crippen molar-refractivity contribution in [1.29, 1.82) is 0 Å². The van der Waals surface area contributed by atoms with Gasteiger partial charge in [-0.15, -0.1) is 0 Å². The molecule has 70 valence electrons. The molecule has 1 aromatic rings. The fraction of sp³-hybridized carbons (Fsp3) is 0.500. The van der Waals surface area contributed by atoms with Gasteiger partial charge in [-0.2, -0.15) is 0 Å².